The fourth-order valence-electron chi connectivity index (χ4n) is 1.30. The van der Waals surface area contributed by atoms with Crippen LogP contribution >= 0.6 is 8.18 Å². The lowest BCUT2D eigenvalue weighted by molar-refractivity contribution is -0.157. The summed E-state index contributed by atoms with van der Waals surface area (Å²) in [4.78, 5) is 41.1. The Balaban J connectivity index is 5.99. The molecule has 5 N–H and O–H groups in total. The second-order valence-corrected chi connectivity index (χ2v) is 5.24. The van der Waals surface area contributed by atoms with Crippen molar-refractivity contribution in [3.05, 3.63) is 0 Å². The van der Waals surface area contributed by atoms with Gasteiger partial charge in [-0.15, -0.1) is 4.89 Å². The summed E-state index contributed by atoms with van der Waals surface area (Å²) in [5.41, 5.74) is -3.03. The molecule has 19 heavy (non-hydrogen) atoms. The molecule has 0 aliphatic heterocycles. The van der Waals surface area contributed by atoms with Gasteiger partial charge >= 0.3 is 26.1 Å². The SMILES string of the molecule is O=C(O)CC(CC(=O)O)(C(=O)O)N([P+](=O)O)S(=O)O. The lowest BCUT2D eigenvalue weighted by Gasteiger charge is -2.26. The molecule has 2 atom stereocenters. The molecule has 0 fully saturated rings. The zero-order chi connectivity index (χ0) is 15.4. The second-order valence-electron chi connectivity index (χ2n) is 3.23. The molecule has 108 valence electrons. The third-order valence-corrected chi connectivity index (χ3v) is 4.13. The average molecular weight is 318 g/mol. The van der Waals surface area contributed by atoms with Gasteiger partial charge in [0.05, 0.1) is 16.9 Å². The van der Waals surface area contributed by atoms with E-state index in [0.29, 0.717) is 0 Å². The van der Waals surface area contributed by atoms with Crippen molar-refractivity contribution in [1.29, 1.82) is 0 Å². The molecule has 11 nitrogen and oxygen atoms in total. The molecule has 0 heterocycles. The summed E-state index contributed by atoms with van der Waals surface area (Å²) in [6.45, 7) is 0. The molecule has 0 amide bonds. The highest BCUT2D eigenvalue weighted by atomic mass is 32.2. The largest absolute Gasteiger partial charge is 0.629 e. The zero-order valence-electron chi connectivity index (χ0n) is 8.99. The Labute approximate surface area is 108 Å². The van der Waals surface area contributed by atoms with Crippen molar-refractivity contribution in [2.45, 2.75) is 18.4 Å². The summed E-state index contributed by atoms with van der Waals surface area (Å²) < 4.78 is 30.1. The van der Waals surface area contributed by atoms with Crippen molar-refractivity contribution in [2.75, 3.05) is 0 Å². The van der Waals surface area contributed by atoms with E-state index in [2.05, 4.69) is 0 Å². The summed E-state index contributed by atoms with van der Waals surface area (Å²) in [6, 6.07) is 0. The smallest absolute Gasteiger partial charge is 0.481 e. The van der Waals surface area contributed by atoms with E-state index in [1.54, 1.807) is 0 Å². The molecule has 0 aliphatic rings. The first-order valence-corrected chi connectivity index (χ1v) is 6.51. The lowest BCUT2D eigenvalue weighted by Crippen LogP contribution is -2.54. The highest BCUT2D eigenvalue weighted by Crippen LogP contribution is 2.38. The number of carboxylic acids is 3. The van der Waals surface area contributed by atoms with Gasteiger partial charge in [0.15, 0.2) is 0 Å². The fourth-order valence-corrected chi connectivity index (χ4v) is 2.84. The van der Waals surface area contributed by atoms with Gasteiger partial charge in [0.25, 0.3) is 11.3 Å². The molecule has 0 radical (unpaired) electrons. The van der Waals surface area contributed by atoms with Crippen molar-refractivity contribution in [1.82, 2.24) is 4.08 Å². The maximum Gasteiger partial charge on any atom is 0.629 e. The Morgan fingerprint density at radius 2 is 1.47 bits per heavy atom. The average Bonchev–Trinajstić information content (AvgIpc) is 2.12. The van der Waals surface area contributed by atoms with E-state index >= 15 is 0 Å². The molecular weight excluding hydrogens is 309 g/mol. The molecule has 0 saturated carbocycles. The Kier molecular flexibility index (Phi) is 6.12. The fraction of sp³-hybridized carbons (Fsp3) is 0.500. The minimum Gasteiger partial charge on any atom is -0.481 e. The summed E-state index contributed by atoms with van der Waals surface area (Å²) in [5, 5.41) is 26.1. The van der Waals surface area contributed by atoms with Gasteiger partial charge in [-0.05, 0) is 4.57 Å². The van der Waals surface area contributed by atoms with E-state index < -0.39 is 59.8 Å². The molecule has 0 bridgehead atoms. The number of aliphatic carboxylic acids is 3. The van der Waals surface area contributed by atoms with E-state index in [-0.39, 0.29) is 0 Å². The van der Waals surface area contributed by atoms with E-state index in [4.69, 9.17) is 24.8 Å². The van der Waals surface area contributed by atoms with Gasteiger partial charge < -0.3 is 15.3 Å². The topological polar surface area (TPSA) is 190 Å². The van der Waals surface area contributed by atoms with Crippen molar-refractivity contribution >= 4 is 37.4 Å². The molecule has 0 aromatic carbocycles. The predicted molar refractivity (Wildman–Crippen MR) is 57.3 cm³/mol. The van der Waals surface area contributed by atoms with E-state index in [1.165, 1.54) is 0 Å². The van der Waals surface area contributed by atoms with Gasteiger partial charge in [-0.1, -0.05) is 0 Å². The van der Waals surface area contributed by atoms with Crippen LogP contribution in [0.1, 0.15) is 12.8 Å². The van der Waals surface area contributed by atoms with Gasteiger partial charge in [-0.3, -0.25) is 14.1 Å². The number of hydrogen-bond acceptors (Lipinski definition) is 5. The van der Waals surface area contributed by atoms with Gasteiger partial charge in [-0.2, -0.15) is 0 Å². The molecule has 0 spiro atoms. The highest BCUT2D eigenvalue weighted by molar-refractivity contribution is 7.81. The van der Waals surface area contributed by atoms with Crippen LogP contribution in [0, 0.1) is 0 Å². The van der Waals surface area contributed by atoms with Gasteiger partial charge in [0.1, 0.15) is 0 Å². The summed E-state index contributed by atoms with van der Waals surface area (Å²) in [7, 11) is -3.76. The maximum atomic E-state index is 11.1. The highest BCUT2D eigenvalue weighted by Gasteiger charge is 2.60. The molecule has 13 heteroatoms. The van der Waals surface area contributed by atoms with Crippen LogP contribution in [0.2, 0.25) is 0 Å². The van der Waals surface area contributed by atoms with Crippen LogP contribution in [-0.2, 0) is 30.2 Å². The molecule has 0 aromatic heterocycles. The van der Waals surface area contributed by atoms with Gasteiger partial charge in [0, 0.05) is 0 Å². The minimum absolute atomic E-state index is 0.479. The summed E-state index contributed by atoms with van der Waals surface area (Å²) in [5.74, 6) is -5.77. The maximum absolute atomic E-state index is 11.1. The molecule has 2 unspecified atom stereocenters. The van der Waals surface area contributed by atoms with Crippen LogP contribution in [-0.4, -0.2) is 56.5 Å². The van der Waals surface area contributed by atoms with Gasteiger partial charge in [-0.25, -0.2) is 9.00 Å². The van der Waals surface area contributed by atoms with Crippen LogP contribution in [0.5, 0.6) is 0 Å². The lowest BCUT2D eigenvalue weighted by atomic mass is 9.92. The number of carbonyl (C=O) groups is 3. The van der Waals surface area contributed by atoms with Crippen LogP contribution in [0.25, 0.3) is 0 Å². The van der Waals surface area contributed by atoms with E-state index in [1.807, 2.05) is 0 Å². The first-order valence-electron chi connectivity index (χ1n) is 4.29. The Bertz CT molecular complexity index is 419. The van der Waals surface area contributed by atoms with Crippen molar-refractivity contribution < 1.29 is 47.9 Å². The Morgan fingerprint density at radius 3 is 1.63 bits per heavy atom. The number of nitrogens with zero attached hydrogens (tertiary/aromatic N) is 1. The Hall–Kier alpha value is -1.46. The summed E-state index contributed by atoms with van der Waals surface area (Å²) >= 11 is -3.36. The van der Waals surface area contributed by atoms with Crippen molar-refractivity contribution in [3.63, 3.8) is 0 Å². The molecule has 0 rings (SSSR count). The first-order chi connectivity index (χ1) is 8.54. The number of hydrogen-bond donors (Lipinski definition) is 5. The third-order valence-electron chi connectivity index (χ3n) is 1.95. The van der Waals surface area contributed by atoms with E-state index in [9.17, 15) is 23.2 Å². The monoisotopic (exact) mass is 318 g/mol. The predicted octanol–water partition coefficient (Wildman–Crippen LogP) is -1.15. The normalized spacial score (nSPS) is 13.9. The third kappa shape index (κ3) is 4.29. The number of carboxylic acid groups (broad SMARTS) is 3. The second kappa shape index (κ2) is 6.63. The van der Waals surface area contributed by atoms with Gasteiger partial charge in [0.2, 0.25) is 5.54 Å². The molecular formula is C6H9NO10PS+. The van der Waals surface area contributed by atoms with Crippen LogP contribution in [0.15, 0.2) is 0 Å². The zero-order valence-corrected chi connectivity index (χ0v) is 10.7. The quantitative estimate of drug-likeness (QED) is 0.269. The van der Waals surface area contributed by atoms with Crippen molar-refractivity contribution in [3.8, 4) is 0 Å². The Morgan fingerprint density at radius 1 is 1.11 bits per heavy atom. The molecule has 0 saturated heterocycles. The standard InChI is InChI=1S/C6H8NO10PS/c8-3(9)1-6(5(12)13,2-4(10)11)7(18(14)15)19(16)17/h1-2H2,(H4-,8,9,10,11,12,13,14,15,16,17)/p+1. The number of rotatable bonds is 8. The van der Waals surface area contributed by atoms with Crippen LogP contribution in [0.3, 0.4) is 0 Å². The molecule has 0 aromatic rings. The van der Waals surface area contributed by atoms with Crippen molar-refractivity contribution in [2.24, 2.45) is 0 Å². The summed E-state index contributed by atoms with van der Waals surface area (Å²) in [6.07, 6.45) is -2.91. The first kappa shape index (κ1) is 17.5. The molecule has 0 aliphatic carbocycles. The van der Waals surface area contributed by atoms with Crippen LogP contribution in [0.4, 0.5) is 0 Å². The van der Waals surface area contributed by atoms with Crippen LogP contribution < -0.4 is 0 Å². The van der Waals surface area contributed by atoms with E-state index in [0.717, 1.165) is 0 Å². The minimum atomic E-state index is -3.76.